The van der Waals surface area contributed by atoms with E-state index in [1.165, 1.54) is 11.1 Å². The van der Waals surface area contributed by atoms with Crippen molar-refractivity contribution in [1.29, 1.82) is 0 Å². The normalized spacial score (nSPS) is 32.1. The molecule has 6 atom stereocenters. The van der Waals surface area contributed by atoms with Gasteiger partial charge in [0.15, 0.2) is 0 Å². The molecule has 31 heavy (non-hydrogen) atoms. The molecule has 0 spiro atoms. The maximum atomic E-state index is 11.4. The summed E-state index contributed by atoms with van der Waals surface area (Å²) in [6.07, 6.45) is 5.93. The standard InChI is InChI=1S/C28H30O3/c1-28-16-15-22-21-10-9-20(27(30)31)17-19(21)8-11-23(22)24(28)12-13-25(28)26(29)14-7-18-5-3-2-4-6-18/h2-6,9-10,17,22-26,29H,8,11-13,15-16H2,1H3,(H,30,31)/t22-,23-,24+,25-,26?,28+/m1/s1. The van der Waals surface area contributed by atoms with E-state index in [1.807, 2.05) is 36.4 Å². The predicted octanol–water partition coefficient (Wildman–Crippen LogP) is 5.27. The van der Waals surface area contributed by atoms with Crippen LogP contribution in [-0.2, 0) is 6.42 Å². The summed E-state index contributed by atoms with van der Waals surface area (Å²) in [5.74, 6) is 7.47. The second kappa shape index (κ2) is 7.84. The number of aromatic carboxylic acids is 1. The second-order valence-electron chi connectivity index (χ2n) is 9.94. The van der Waals surface area contributed by atoms with Crippen molar-refractivity contribution < 1.29 is 15.0 Å². The number of carboxylic acids is 1. The lowest BCUT2D eigenvalue weighted by Gasteiger charge is -2.51. The minimum Gasteiger partial charge on any atom is -0.478 e. The minimum atomic E-state index is -0.842. The Kier molecular flexibility index (Phi) is 5.15. The smallest absolute Gasteiger partial charge is 0.335 e. The molecule has 0 amide bonds. The molecule has 0 saturated heterocycles. The third kappa shape index (κ3) is 3.48. The molecule has 0 bridgehead atoms. The molecule has 3 aliphatic carbocycles. The Morgan fingerprint density at radius 2 is 1.90 bits per heavy atom. The Labute approximate surface area is 184 Å². The number of aliphatic hydroxyl groups is 1. The Morgan fingerprint density at radius 3 is 2.68 bits per heavy atom. The number of hydrogen-bond acceptors (Lipinski definition) is 2. The number of hydrogen-bond donors (Lipinski definition) is 2. The van der Waals surface area contributed by atoms with Gasteiger partial charge in [-0.1, -0.05) is 43.0 Å². The van der Waals surface area contributed by atoms with E-state index in [0.717, 1.165) is 44.1 Å². The van der Waals surface area contributed by atoms with E-state index in [1.54, 1.807) is 6.07 Å². The Morgan fingerprint density at radius 1 is 1.10 bits per heavy atom. The molecule has 2 saturated carbocycles. The number of carbonyl (C=O) groups is 1. The SMILES string of the molecule is C[C@]12CC[C@@H]3c4ccc(C(=O)O)cc4CC[C@H]3[C@@H]1CC[C@@H]2C(O)C#Cc1ccccc1. The van der Waals surface area contributed by atoms with Gasteiger partial charge < -0.3 is 10.2 Å². The number of benzene rings is 2. The van der Waals surface area contributed by atoms with Crippen LogP contribution in [0.25, 0.3) is 0 Å². The van der Waals surface area contributed by atoms with E-state index in [0.29, 0.717) is 23.3 Å². The molecule has 3 heteroatoms. The fourth-order valence-corrected chi connectivity index (χ4v) is 7.05. The highest BCUT2D eigenvalue weighted by Crippen LogP contribution is 2.63. The number of aryl methyl sites for hydroxylation is 1. The molecule has 2 aromatic carbocycles. The lowest BCUT2D eigenvalue weighted by Crippen LogP contribution is -2.44. The summed E-state index contributed by atoms with van der Waals surface area (Å²) in [5.41, 5.74) is 4.09. The molecular weight excluding hydrogens is 384 g/mol. The van der Waals surface area contributed by atoms with Gasteiger partial charge in [-0.2, -0.15) is 0 Å². The quantitative estimate of drug-likeness (QED) is 0.658. The molecule has 2 aromatic rings. The van der Waals surface area contributed by atoms with Crippen LogP contribution in [-0.4, -0.2) is 22.3 Å². The van der Waals surface area contributed by atoms with Crippen LogP contribution in [0.3, 0.4) is 0 Å². The summed E-state index contributed by atoms with van der Waals surface area (Å²) < 4.78 is 0. The van der Waals surface area contributed by atoms with Crippen molar-refractivity contribution in [2.24, 2.45) is 23.2 Å². The Bertz CT molecular complexity index is 1050. The lowest BCUT2D eigenvalue weighted by atomic mass is 9.53. The third-order valence-corrected chi connectivity index (χ3v) is 8.57. The van der Waals surface area contributed by atoms with E-state index < -0.39 is 12.1 Å². The van der Waals surface area contributed by atoms with E-state index in [-0.39, 0.29) is 11.3 Å². The summed E-state index contributed by atoms with van der Waals surface area (Å²) in [6.45, 7) is 2.39. The van der Waals surface area contributed by atoms with Crippen LogP contribution in [0.2, 0.25) is 0 Å². The van der Waals surface area contributed by atoms with Gasteiger partial charge in [-0.05, 0) is 97.1 Å². The molecule has 3 aliphatic rings. The first-order valence-corrected chi connectivity index (χ1v) is 11.6. The fraction of sp³-hybridized carbons (Fsp3) is 0.464. The molecule has 0 heterocycles. The number of aliphatic hydroxyl groups excluding tert-OH is 1. The molecular formula is C28H30O3. The van der Waals surface area contributed by atoms with Crippen molar-refractivity contribution in [3.63, 3.8) is 0 Å². The summed E-state index contributed by atoms with van der Waals surface area (Å²) >= 11 is 0. The maximum Gasteiger partial charge on any atom is 0.335 e. The monoisotopic (exact) mass is 414 g/mol. The third-order valence-electron chi connectivity index (χ3n) is 8.57. The Balaban J connectivity index is 1.37. The molecule has 2 fully saturated rings. The van der Waals surface area contributed by atoms with Gasteiger partial charge in [0.05, 0.1) is 5.56 Å². The molecule has 1 unspecified atom stereocenters. The summed E-state index contributed by atoms with van der Waals surface area (Å²) in [4.78, 5) is 11.4. The van der Waals surface area contributed by atoms with Crippen molar-refractivity contribution >= 4 is 5.97 Å². The highest BCUT2D eigenvalue weighted by molar-refractivity contribution is 5.88. The topological polar surface area (TPSA) is 57.5 Å². The lowest BCUT2D eigenvalue weighted by molar-refractivity contribution is -0.00687. The van der Waals surface area contributed by atoms with Gasteiger partial charge in [0.2, 0.25) is 0 Å². The predicted molar refractivity (Wildman–Crippen MR) is 121 cm³/mol. The van der Waals surface area contributed by atoms with Crippen LogP contribution in [0.5, 0.6) is 0 Å². The van der Waals surface area contributed by atoms with Gasteiger partial charge in [0.1, 0.15) is 6.10 Å². The van der Waals surface area contributed by atoms with E-state index in [9.17, 15) is 15.0 Å². The first kappa shape index (κ1) is 20.3. The zero-order chi connectivity index (χ0) is 21.6. The molecule has 3 nitrogen and oxygen atoms in total. The van der Waals surface area contributed by atoms with Crippen molar-refractivity contribution in [3.05, 3.63) is 70.8 Å². The van der Waals surface area contributed by atoms with Crippen molar-refractivity contribution in [2.75, 3.05) is 0 Å². The molecule has 160 valence electrons. The van der Waals surface area contributed by atoms with Gasteiger partial charge in [-0.3, -0.25) is 0 Å². The van der Waals surface area contributed by atoms with Gasteiger partial charge in [0.25, 0.3) is 0 Å². The molecule has 0 aliphatic heterocycles. The van der Waals surface area contributed by atoms with E-state index in [2.05, 4.69) is 24.8 Å². The first-order valence-electron chi connectivity index (χ1n) is 11.6. The van der Waals surface area contributed by atoms with Gasteiger partial charge in [0, 0.05) is 11.5 Å². The van der Waals surface area contributed by atoms with Crippen LogP contribution in [0.15, 0.2) is 48.5 Å². The van der Waals surface area contributed by atoms with E-state index >= 15 is 0 Å². The van der Waals surface area contributed by atoms with E-state index in [4.69, 9.17) is 0 Å². The van der Waals surface area contributed by atoms with Crippen molar-refractivity contribution in [2.45, 2.75) is 57.5 Å². The average Bonchev–Trinajstić information content (AvgIpc) is 3.15. The minimum absolute atomic E-state index is 0.129. The van der Waals surface area contributed by atoms with Gasteiger partial charge >= 0.3 is 5.97 Å². The molecule has 0 radical (unpaired) electrons. The summed E-state index contributed by atoms with van der Waals surface area (Å²) in [7, 11) is 0. The Hall–Kier alpha value is -2.57. The highest BCUT2D eigenvalue weighted by atomic mass is 16.4. The first-order chi connectivity index (χ1) is 15.0. The van der Waals surface area contributed by atoms with Crippen LogP contribution >= 0.6 is 0 Å². The number of carboxylic acid groups (broad SMARTS) is 1. The van der Waals surface area contributed by atoms with Crippen LogP contribution in [0, 0.1) is 35.0 Å². The van der Waals surface area contributed by atoms with Crippen LogP contribution in [0.4, 0.5) is 0 Å². The molecule has 2 N–H and O–H groups in total. The van der Waals surface area contributed by atoms with Crippen molar-refractivity contribution in [1.82, 2.24) is 0 Å². The molecule has 0 aromatic heterocycles. The fourth-order valence-electron chi connectivity index (χ4n) is 7.05. The average molecular weight is 415 g/mol. The molecule has 5 rings (SSSR count). The van der Waals surface area contributed by atoms with Crippen molar-refractivity contribution in [3.8, 4) is 11.8 Å². The second-order valence-corrected chi connectivity index (χ2v) is 9.94. The van der Waals surface area contributed by atoms with Gasteiger partial charge in [-0.15, -0.1) is 0 Å². The highest BCUT2D eigenvalue weighted by Gasteiger charge is 2.56. The number of rotatable bonds is 2. The summed E-state index contributed by atoms with van der Waals surface area (Å²) in [6, 6.07) is 15.6. The van der Waals surface area contributed by atoms with Crippen LogP contribution < -0.4 is 0 Å². The van der Waals surface area contributed by atoms with Crippen LogP contribution in [0.1, 0.15) is 72.0 Å². The van der Waals surface area contributed by atoms with Gasteiger partial charge in [-0.25, -0.2) is 4.79 Å². The summed E-state index contributed by atoms with van der Waals surface area (Å²) in [5, 5.41) is 20.4. The zero-order valence-electron chi connectivity index (χ0n) is 18.1. The number of fused-ring (bicyclic) bond motifs is 5. The largest absolute Gasteiger partial charge is 0.478 e. The zero-order valence-corrected chi connectivity index (χ0v) is 18.1. The maximum absolute atomic E-state index is 11.4.